The fourth-order valence-electron chi connectivity index (χ4n) is 0.756. The highest BCUT2D eigenvalue weighted by atomic mass is 19.1. The fourth-order valence-corrected chi connectivity index (χ4v) is 0.756. The second-order valence-electron chi connectivity index (χ2n) is 2.20. The van der Waals surface area contributed by atoms with E-state index >= 15 is 0 Å². The van der Waals surface area contributed by atoms with Crippen LogP contribution in [0.3, 0.4) is 0 Å². The van der Waals surface area contributed by atoms with Crippen LogP contribution in [0.5, 0.6) is 0 Å². The maximum absolute atomic E-state index is 12.5. The summed E-state index contributed by atoms with van der Waals surface area (Å²) >= 11 is 0. The largest absolute Gasteiger partial charge is 0.318 e. The van der Waals surface area contributed by atoms with Crippen LogP contribution in [0.1, 0.15) is 0 Å². The second-order valence-corrected chi connectivity index (χ2v) is 2.20. The van der Waals surface area contributed by atoms with Crippen LogP contribution in [0.15, 0.2) is 24.3 Å². The summed E-state index contributed by atoms with van der Waals surface area (Å²) < 4.78 is 12.5. The van der Waals surface area contributed by atoms with E-state index in [1.165, 1.54) is 17.0 Å². The van der Waals surface area contributed by atoms with Gasteiger partial charge in [-0.05, 0) is 18.2 Å². The Morgan fingerprint density at radius 2 is 2.27 bits per heavy atom. The van der Waals surface area contributed by atoms with Crippen LogP contribution in [0.25, 0.3) is 0 Å². The van der Waals surface area contributed by atoms with Crippen LogP contribution in [-0.2, 0) is 4.79 Å². The summed E-state index contributed by atoms with van der Waals surface area (Å²) in [6.45, 7) is 0. The zero-order valence-corrected chi connectivity index (χ0v) is 6.12. The first-order valence-electron chi connectivity index (χ1n) is 3.18. The number of hydrogen-bond donors (Lipinski definition) is 0. The molecule has 0 heterocycles. The minimum atomic E-state index is -0.337. The maximum atomic E-state index is 12.5. The summed E-state index contributed by atoms with van der Waals surface area (Å²) in [6.07, 6.45) is 0.634. The minimum Gasteiger partial charge on any atom is -0.318 e. The molecular weight excluding hydrogens is 145 g/mol. The molecule has 1 aromatic carbocycles. The zero-order valence-electron chi connectivity index (χ0n) is 6.12. The number of nitrogens with zero attached hydrogens (tertiary/aromatic N) is 1. The van der Waals surface area contributed by atoms with E-state index in [1.807, 2.05) is 0 Å². The number of anilines is 1. The van der Waals surface area contributed by atoms with Gasteiger partial charge in [0.05, 0.1) is 0 Å². The molecule has 0 N–H and O–H groups in total. The Morgan fingerprint density at radius 3 is 2.82 bits per heavy atom. The van der Waals surface area contributed by atoms with Crippen molar-refractivity contribution < 1.29 is 9.18 Å². The molecule has 1 amide bonds. The Bertz CT molecular complexity index is 262. The molecule has 0 bridgehead atoms. The quantitative estimate of drug-likeness (QED) is 0.588. The van der Waals surface area contributed by atoms with Crippen molar-refractivity contribution in [3.8, 4) is 0 Å². The van der Waals surface area contributed by atoms with E-state index in [2.05, 4.69) is 0 Å². The summed E-state index contributed by atoms with van der Waals surface area (Å²) in [6, 6.07) is 5.86. The number of carbonyl (C=O) groups is 1. The predicted octanol–water partition coefficient (Wildman–Crippen LogP) is 1.42. The number of benzene rings is 1. The summed E-state index contributed by atoms with van der Waals surface area (Å²) in [5.41, 5.74) is 0.556. The molecule has 0 fully saturated rings. The average Bonchev–Trinajstić information content (AvgIpc) is 2.03. The van der Waals surface area contributed by atoms with Gasteiger partial charge in [0.2, 0.25) is 6.41 Å². The lowest BCUT2D eigenvalue weighted by molar-refractivity contribution is -0.107. The van der Waals surface area contributed by atoms with Gasteiger partial charge in [-0.15, -0.1) is 0 Å². The van der Waals surface area contributed by atoms with Crippen LogP contribution in [0.2, 0.25) is 0 Å². The van der Waals surface area contributed by atoms with E-state index in [0.29, 0.717) is 12.1 Å². The Morgan fingerprint density at radius 1 is 1.55 bits per heavy atom. The highest BCUT2D eigenvalue weighted by molar-refractivity contribution is 5.73. The number of halogens is 1. The summed E-state index contributed by atoms with van der Waals surface area (Å²) in [5.74, 6) is -0.337. The smallest absolute Gasteiger partial charge is 0.213 e. The third-order valence-electron chi connectivity index (χ3n) is 1.37. The number of hydrogen-bond acceptors (Lipinski definition) is 1. The van der Waals surface area contributed by atoms with Crippen molar-refractivity contribution in [3.63, 3.8) is 0 Å². The predicted molar refractivity (Wildman–Crippen MR) is 40.9 cm³/mol. The van der Waals surface area contributed by atoms with Gasteiger partial charge in [-0.2, -0.15) is 0 Å². The molecule has 2 nitrogen and oxygen atoms in total. The standard InChI is InChI=1S/C8H8FNO/c1-10(6-11)8-4-2-3-7(9)5-8/h2-6H,1H3. The number of rotatable bonds is 2. The van der Waals surface area contributed by atoms with Crippen molar-refractivity contribution in [2.45, 2.75) is 0 Å². The molecule has 0 atom stereocenters. The van der Waals surface area contributed by atoms with E-state index in [1.54, 1.807) is 19.2 Å². The van der Waals surface area contributed by atoms with Crippen molar-refractivity contribution in [1.82, 2.24) is 0 Å². The van der Waals surface area contributed by atoms with Crippen molar-refractivity contribution >= 4 is 12.1 Å². The third kappa shape index (κ3) is 1.77. The van der Waals surface area contributed by atoms with Crippen LogP contribution in [0, 0.1) is 5.82 Å². The van der Waals surface area contributed by atoms with Crippen molar-refractivity contribution in [3.05, 3.63) is 30.1 Å². The Labute approximate surface area is 64.2 Å². The van der Waals surface area contributed by atoms with E-state index < -0.39 is 0 Å². The van der Waals surface area contributed by atoms with Gasteiger partial charge >= 0.3 is 0 Å². The Hall–Kier alpha value is -1.38. The van der Waals surface area contributed by atoms with Crippen molar-refractivity contribution in [1.29, 1.82) is 0 Å². The average molecular weight is 153 g/mol. The fraction of sp³-hybridized carbons (Fsp3) is 0.125. The van der Waals surface area contributed by atoms with Gasteiger partial charge in [0, 0.05) is 12.7 Å². The topological polar surface area (TPSA) is 20.3 Å². The molecule has 0 aliphatic carbocycles. The van der Waals surface area contributed by atoms with Crippen LogP contribution in [-0.4, -0.2) is 13.5 Å². The van der Waals surface area contributed by atoms with Gasteiger partial charge in [-0.25, -0.2) is 4.39 Å². The molecule has 0 spiro atoms. The third-order valence-corrected chi connectivity index (χ3v) is 1.37. The van der Waals surface area contributed by atoms with Crippen LogP contribution in [0.4, 0.5) is 10.1 Å². The first-order chi connectivity index (χ1) is 5.24. The van der Waals surface area contributed by atoms with Crippen LogP contribution >= 0.6 is 0 Å². The van der Waals surface area contributed by atoms with Gasteiger partial charge < -0.3 is 4.90 Å². The molecule has 1 aromatic rings. The molecule has 0 radical (unpaired) electrons. The molecule has 11 heavy (non-hydrogen) atoms. The molecule has 0 saturated heterocycles. The molecule has 0 saturated carbocycles. The number of carbonyl (C=O) groups excluding carboxylic acids is 1. The highest BCUT2D eigenvalue weighted by Gasteiger charge is 1.97. The monoisotopic (exact) mass is 153 g/mol. The lowest BCUT2D eigenvalue weighted by atomic mass is 10.3. The zero-order chi connectivity index (χ0) is 8.27. The first-order valence-corrected chi connectivity index (χ1v) is 3.18. The van der Waals surface area contributed by atoms with Crippen LogP contribution < -0.4 is 4.90 Å². The number of amides is 1. The molecule has 3 heteroatoms. The summed E-state index contributed by atoms with van der Waals surface area (Å²) in [5, 5.41) is 0. The van der Waals surface area contributed by atoms with Gasteiger partial charge in [0.25, 0.3) is 0 Å². The summed E-state index contributed by atoms with van der Waals surface area (Å²) in [4.78, 5) is 11.5. The van der Waals surface area contributed by atoms with E-state index in [9.17, 15) is 9.18 Å². The second kappa shape index (κ2) is 3.14. The first kappa shape index (κ1) is 7.72. The molecule has 0 aromatic heterocycles. The van der Waals surface area contributed by atoms with Crippen molar-refractivity contribution in [2.24, 2.45) is 0 Å². The van der Waals surface area contributed by atoms with Gasteiger partial charge in [-0.1, -0.05) is 6.07 Å². The normalized spacial score (nSPS) is 9.27. The minimum absolute atomic E-state index is 0.337. The lowest BCUT2D eigenvalue weighted by Gasteiger charge is -2.09. The Balaban J connectivity index is 2.95. The molecular formula is C8H8FNO. The molecule has 0 aliphatic heterocycles. The van der Waals surface area contributed by atoms with Gasteiger partial charge in [0.1, 0.15) is 5.82 Å². The van der Waals surface area contributed by atoms with E-state index in [0.717, 1.165) is 0 Å². The molecule has 0 unspecified atom stereocenters. The maximum Gasteiger partial charge on any atom is 0.213 e. The molecule has 0 aliphatic rings. The lowest BCUT2D eigenvalue weighted by Crippen LogP contribution is -2.13. The van der Waals surface area contributed by atoms with Crippen molar-refractivity contribution in [2.75, 3.05) is 11.9 Å². The Kier molecular flexibility index (Phi) is 2.21. The molecule has 1 rings (SSSR count). The SMILES string of the molecule is CN(C=O)c1cccc(F)c1. The molecule has 58 valence electrons. The summed E-state index contributed by atoms with van der Waals surface area (Å²) in [7, 11) is 1.57. The van der Waals surface area contributed by atoms with E-state index in [-0.39, 0.29) is 5.82 Å². The van der Waals surface area contributed by atoms with Gasteiger partial charge in [-0.3, -0.25) is 4.79 Å². The van der Waals surface area contributed by atoms with Gasteiger partial charge in [0.15, 0.2) is 0 Å². The highest BCUT2D eigenvalue weighted by Crippen LogP contribution is 2.11. The van der Waals surface area contributed by atoms with E-state index in [4.69, 9.17) is 0 Å².